The Balaban J connectivity index is 2.17. The summed E-state index contributed by atoms with van der Waals surface area (Å²) in [4.78, 5) is 37.7. The van der Waals surface area contributed by atoms with E-state index >= 15 is 0 Å². The third kappa shape index (κ3) is 3.40. The summed E-state index contributed by atoms with van der Waals surface area (Å²) in [5, 5.41) is 12.2. The molecular weight excluding hydrogens is 352 g/mol. The van der Waals surface area contributed by atoms with Crippen LogP contribution in [0.15, 0.2) is 21.5 Å². The summed E-state index contributed by atoms with van der Waals surface area (Å²) >= 11 is 3.06. The molecule has 1 aliphatic carbocycles. The molecule has 0 spiro atoms. The second-order valence-electron chi connectivity index (χ2n) is 5.76. The molecule has 1 aromatic rings. The zero-order valence-corrected chi connectivity index (χ0v) is 13.9. The van der Waals surface area contributed by atoms with Crippen molar-refractivity contribution >= 4 is 27.8 Å². The molecule has 7 heteroatoms. The fraction of sp³-hybridized carbons (Fsp3) is 0.533. The van der Waals surface area contributed by atoms with Crippen LogP contribution >= 0.6 is 15.9 Å². The molecule has 1 aromatic heterocycles. The van der Waals surface area contributed by atoms with Crippen molar-refractivity contribution in [3.05, 3.63) is 32.7 Å². The number of carbonyl (C=O) groups excluding carboxylic acids is 1. The van der Waals surface area contributed by atoms with Crippen molar-refractivity contribution in [2.45, 2.75) is 44.6 Å². The van der Waals surface area contributed by atoms with Gasteiger partial charge in [0, 0.05) is 6.20 Å². The minimum absolute atomic E-state index is 0.227. The summed E-state index contributed by atoms with van der Waals surface area (Å²) in [5.41, 5.74) is -1.33. The van der Waals surface area contributed by atoms with Crippen molar-refractivity contribution in [3.8, 4) is 0 Å². The standard InChI is InChI=1S/C15H19BrN2O4/c1-2-9-3-5-15(6-4-9,14(21)22)18-12(19)10-7-11(16)13(20)17-8-10/h7-9H,2-6H2,1H3,(H,17,20)(H,18,19)(H,21,22). The highest BCUT2D eigenvalue weighted by Gasteiger charge is 2.43. The van der Waals surface area contributed by atoms with Gasteiger partial charge >= 0.3 is 5.97 Å². The third-order valence-corrected chi connectivity index (χ3v) is 5.01. The van der Waals surface area contributed by atoms with E-state index in [9.17, 15) is 19.5 Å². The molecule has 0 unspecified atom stereocenters. The quantitative estimate of drug-likeness (QED) is 0.756. The van der Waals surface area contributed by atoms with Crippen LogP contribution in [0.1, 0.15) is 49.4 Å². The van der Waals surface area contributed by atoms with E-state index in [1.54, 1.807) is 0 Å². The van der Waals surface area contributed by atoms with E-state index < -0.39 is 17.4 Å². The van der Waals surface area contributed by atoms with Crippen molar-refractivity contribution in [2.24, 2.45) is 5.92 Å². The molecule has 3 N–H and O–H groups in total. The molecule has 0 aliphatic heterocycles. The van der Waals surface area contributed by atoms with Crippen molar-refractivity contribution in [2.75, 3.05) is 0 Å². The summed E-state index contributed by atoms with van der Waals surface area (Å²) in [5.74, 6) is -0.972. The Labute approximate surface area is 136 Å². The van der Waals surface area contributed by atoms with Gasteiger partial charge in [0.05, 0.1) is 10.0 Å². The van der Waals surface area contributed by atoms with E-state index in [-0.39, 0.29) is 15.6 Å². The molecule has 0 saturated heterocycles. The lowest BCUT2D eigenvalue weighted by Crippen LogP contribution is -2.56. The van der Waals surface area contributed by atoms with E-state index in [1.165, 1.54) is 12.3 Å². The highest BCUT2D eigenvalue weighted by molar-refractivity contribution is 9.10. The predicted octanol–water partition coefficient (Wildman–Crippen LogP) is 2.29. The fourth-order valence-corrected chi connectivity index (χ4v) is 3.21. The van der Waals surface area contributed by atoms with Crippen molar-refractivity contribution in [1.82, 2.24) is 10.3 Å². The van der Waals surface area contributed by atoms with Crippen LogP contribution in [0.5, 0.6) is 0 Å². The molecule has 0 radical (unpaired) electrons. The topological polar surface area (TPSA) is 99.3 Å². The number of nitrogens with one attached hydrogen (secondary N) is 2. The number of H-pyrrole nitrogens is 1. The molecule has 120 valence electrons. The van der Waals surface area contributed by atoms with Gasteiger partial charge in [-0.15, -0.1) is 0 Å². The van der Waals surface area contributed by atoms with Gasteiger partial charge in [0.25, 0.3) is 11.5 Å². The number of hydrogen-bond donors (Lipinski definition) is 3. The Bertz CT molecular complexity index is 633. The van der Waals surface area contributed by atoms with Gasteiger partial charge in [0.15, 0.2) is 0 Å². The van der Waals surface area contributed by atoms with Crippen LogP contribution in [0.3, 0.4) is 0 Å². The van der Waals surface area contributed by atoms with Crippen LogP contribution in [-0.4, -0.2) is 27.5 Å². The first-order chi connectivity index (χ1) is 10.4. The molecule has 0 bridgehead atoms. The summed E-state index contributed by atoms with van der Waals surface area (Å²) in [6.45, 7) is 2.09. The molecule has 1 amide bonds. The van der Waals surface area contributed by atoms with Crippen LogP contribution < -0.4 is 10.9 Å². The van der Waals surface area contributed by atoms with E-state index in [0.29, 0.717) is 18.8 Å². The number of carboxylic acids is 1. The number of pyridine rings is 1. The monoisotopic (exact) mass is 370 g/mol. The average molecular weight is 371 g/mol. The molecule has 6 nitrogen and oxygen atoms in total. The highest BCUT2D eigenvalue weighted by atomic mass is 79.9. The Kier molecular flexibility index (Phi) is 5.05. The van der Waals surface area contributed by atoms with E-state index in [0.717, 1.165) is 19.3 Å². The molecule has 22 heavy (non-hydrogen) atoms. The first-order valence-electron chi connectivity index (χ1n) is 7.32. The lowest BCUT2D eigenvalue weighted by molar-refractivity contribution is -0.146. The Hall–Kier alpha value is -1.63. The predicted molar refractivity (Wildman–Crippen MR) is 84.8 cm³/mol. The molecule has 1 heterocycles. The number of aromatic nitrogens is 1. The minimum Gasteiger partial charge on any atom is -0.480 e. The summed E-state index contributed by atoms with van der Waals surface area (Å²) in [7, 11) is 0. The minimum atomic E-state index is -1.22. The van der Waals surface area contributed by atoms with Gasteiger partial charge in [-0.2, -0.15) is 0 Å². The molecule has 0 atom stereocenters. The maximum atomic E-state index is 12.3. The number of rotatable bonds is 4. The zero-order chi connectivity index (χ0) is 16.3. The summed E-state index contributed by atoms with van der Waals surface area (Å²) in [6.07, 6.45) is 4.75. The van der Waals surface area contributed by atoms with Crippen molar-refractivity contribution in [3.63, 3.8) is 0 Å². The molecular formula is C15H19BrN2O4. The molecule has 1 fully saturated rings. The number of carboxylic acid groups (broad SMARTS) is 1. The van der Waals surface area contributed by atoms with E-state index in [4.69, 9.17) is 0 Å². The molecule has 2 rings (SSSR count). The number of aromatic amines is 1. The molecule has 0 aromatic carbocycles. The fourth-order valence-electron chi connectivity index (χ4n) is 2.85. The average Bonchev–Trinajstić information content (AvgIpc) is 2.50. The Morgan fingerprint density at radius 1 is 1.45 bits per heavy atom. The van der Waals surface area contributed by atoms with E-state index in [2.05, 4.69) is 33.2 Å². The van der Waals surface area contributed by atoms with Crippen LogP contribution in [0, 0.1) is 5.92 Å². The lowest BCUT2D eigenvalue weighted by atomic mass is 9.75. The highest BCUT2D eigenvalue weighted by Crippen LogP contribution is 2.34. The SMILES string of the molecule is CCC1CCC(NC(=O)c2c[nH]c(=O)c(Br)c2)(C(=O)O)CC1. The smallest absolute Gasteiger partial charge is 0.329 e. The second-order valence-corrected chi connectivity index (χ2v) is 6.61. The largest absolute Gasteiger partial charge is 0.480 e. The van der Waals surface area contributed by atoms with E-state index in [1.807, 2.05) is 0 Å². The molecule has 1 saturated carbocycles. The maximum absolute atomic E-state index is 12.3. The van der Waals surface area contributed by atoms with Crippen molar-refractivity contribution < 1.29 is 14.7 Å². The summed E-state index contributed by atoms with van der Waals surface area (Å²) < 4.78 is 0.235. The first-order valence-corrected chi connectivity index (χ1v) is 8.11. The van der Waals surface area contributed by atoms with Gasteiger partial charge in [-0.3, -0.25) is 9.59 Å². The first kappa shape index (κ1) is 16.7. The normalized spacial score (nSPS) is 24.7. The second kappa shape index (κ2) is 6.64. The van der Waals surface area contributed by atoms with Gasteiger partial charge in [0.2, 0.25) is 0 Å². The van der Waals surface area contributed by atoms with Crippen molar-refractivity contribution in [1.29, 1.82) is 0 Å². The van der Waals surface area contributed by atoms with Crippen LogP contribution in [-0.2, 0) is 4.79 Å². The third-order valence-electron chi connectivity index (χ3n) is 4.42. The summed E-state index contributed by atoms with van der Waals surface area (Å²) in [6, 6.07) is 1.39. The van der Waals surface area contributed by atoms with Crippen LogP contribution in [0.25, 0.3) is 0 Å². The maximum Gasteiger partial charge on any atom is 0.329 e. The van der Waals surface area contributed by atoms with Gasteiger partial charge < -0.3 is 15.4 Å². The van der Waals surface area contributed by atoms with Gasteiger partial charge in [0.1, 0.15) is 5.54 Å². The number of hydrogen-bond acceptors (Lipinski definition) is 3. The number of carbonyl (C=O) groups is 2. The number of amides is 1. The lowest BCUT2D eigenvalue weighted by Gasteiger charge is -2.37. The Morgan fingerprint density at radius 3 is 2.59 bits per heavy atom. The van der Waals surface area contributed by atoms with Crippen LogP contribution in [0.4, 0.5) is 0 Å². The molecule has 1 aliphatic rings. The Morgan fingerprint density at radius 2 is 2.09 bits per heavy atom. The van der Waals surface area contributed by atoms with Gasteiger partial charge in [-0.25, -0.2) is 4.79 Å². The number of halogens is 1. The van der Waals surface area contributed by atoms with Gasteiger partial charge in [-0.1, -0.05) is 13.3 Å². The zero-order valence-electron chi connectivity index (χ0n) is 12.3. The van der Waals surface area contributed by atoms with Crippen LogP contribution in [0.2, 0.25) is 0 Å². The number of aliphatic carboxylic acids is 1. The van der Waals surface area contributed by atoms with Gasteiger partial charge in [-0.05, 0) is 53.6 Å².